The molecule has 1 aromatic carbocycles. The molecule has 0 aliphatic heterocycles. The van der Waals surface area contributed by atoms with Gasteiger partial charge in [0.1, 0.15) is 0 Å². The van der Waals surface area contributed by atoms with E-state index in [1.165, 1.54) is 18.3 Å². The van der Waals surface area contributed by atoms with Gasteiger partial charge in [-0.1, -0.05) is 0 Å². The van der Waals surface area contributed by atoms with E-state index < -0.39 is 24.3 Å². The second-order valence-electron chi connectivity index (χ2n) is 4.28. The van der Waals surface area contributed by atoms with Gasteiger partial charge in [0.15, 0.2) is 11.5 Å². The first kappa shape index (κ1) is 15.7. The summed E-state index contributed by atoms with van der Waals surface area (Å²) in [5, 5.41) is 11.6. The van der Waals surface area contributed by atoms with E-state index in [9.17, 15) is 18.0 Å². The first-order valence-electron chi connectivity index (χ1n) is 6.02. The molecular weight excluding hydrogens is 301 g/mol. The minimum absolute atomic E-state index is 0.00976. The van der Waals surface area contributed by atoms with Crippen LogP contribution in [0.3, 0.4) is 0 Å². The van der Waals surface area contributed by atoms with Crippen LogP contribution < -0.4 is 11.1 Å². The molecule has 2 aromatic rings. The van der Waals surface area contributed by atoms with Crippen molar-refractivity contribution in [2.45, 2.75) is 12.8 Å². The van der Waals surface area contributed by atoms with Gasteiger partial charge < -0.3 is 16.2 Å². The van der Waals surface area contributed by atoms with Crippen molar-refractivity contribution in [2.75, 3.05) is 5.32 Å². The Kier molecular flexibility index (Phi) is 4.27. The Bertz CT molecular complexity index is 687. The predicted octanol–water partition coefficient (Wildman–Crippen LogP) is 1.83. The Labute approximate surface area is 122 Å². The molecule has 0 saturated carbocycles. The highest BCUT2D eigenvalue weighted by molar-refractivity contribution is 5.96. The molecule has 0 spiro atoms. The number of aliphatic hydroxyl groups excluding tert-OH is 1. The largest absolute Gasteiger partial charge is 0.416 e. The van der Waals surface area contributed by atoms with Gasteiger partial charge in [-0.15, -0.1) is 0 Å². The SMILES string of the molecule is NC(=O)c1nc(CO)cnc1Nc1ccc(C(F)(F)F)cc1. The third-order valence-electron chi connectivity index (χ3n) is 2.69. The number of rotatable bonds is 4. The number of primary amides is 1. The number of aliphatic hydroxyl groups is 1. The molecule has 0 aliphatic carbocycles. The van der Waals surface area contributed by atoms with Gasteiger partial charge in [-0.3, -0.25) is 4.79 Å². The molecule has 1 aromatic heterocycles. The number of alkyl halides is 3. The second-order valence-corrected chi connectivity index (χ2v) is 4.28. The fourth-order valence-corrected chi connectivity index (χ4v) is 1.64. The summed E-state index contributed by atoms with van der Waals surface area (Å²) in [4.78, 5) is 19.0. The first-order chi connectivity index (χ1) is 10.3. The van der Waals surface area contributed by atoms with E-state index in [0.717, 1.165) is 12.1 Å². The monoisotopic (exact) mass is 312 g/mol. The van der Waals surface area contributed by atoms with Gasteiger partial charge in [0.2, 0.25) is 0 Å². The molecule has 0 radical (unpaired) electrons. The number of carbonyl (C=O) groups is 1. The number of nitrogens with one attached hydrogen (secondary N) is 1. The molecule has 0 fully saturated rings. The highest BCUT2D eigenvalue weighted by Crippen LogP contribution is 2.30. The average Bonchev–Trinajstić information content (AvgIpc) is 2.47. The molecule has 9 heteroatoms. The predicted molar refractivity (Wildman–Crippen MR) is 71.2 cm³/mol. The number of aromatic nitrogens is 2. The zero-order chi connectivity index (χ0) is 16.3. The maximum atomic E-state index is 12.5. The Hall–Kier alpha value is -2.68. The number of anilines is 2. The van der Waals surface area contributed by atoms with Crippen LogP contribution in [-0.2, 0) is 12.8 Å². The molecule has 0 atom stereocenters. The molecule has 116 valence electrons. The van der Waals surface area contributed by atoms with Crippen LogP contribution in [0.2, 0.25) is 0 Å². The zero-order valence-electron chi connectivity index (χ0n) is 11.1. The molecule has 0 bridgehead atoms. The molecule has 4 N–H and O–H groups in total. The lowest BCUT2D eigenvalue weighted by atomic mass is 10.2. The van der Waals surface area contributed by atoms with Crippen molar-refractivity contribution < 1.29 is 23.1 Å². The average molecular weight is 312 g/mol. The normalized spacial score (nSPS) is 11.3. The third-order valence-corrected chi connectivity index (χ3v) is 2.69. The Morgan fingerprint density at radius 2 is 1.91 bits per heavy atom. The number of amides is 1. The topological polar surface area (TPSA) is 101 Å². The summed E-state index contributed by atoms with van der Waals surface area (Å²) in [5.74, 6) is -0.887. The zero-order valence-corrected chi connectivity index (χ0v) is 11.1. The van der Waals surface area contributed by atoms with Gasteiger partial charge in [0.05, 0.1) is 24.1 Å². The summed E-state index contributed by atoms with van der Waals surface area (Å²) >= 11 is 0. The molecule has 0 unspecified atom stereocenters. The van der Waals surface area contributed by atoms with Gasteiger partial charge >= 0.3 is 6.18 Å². The smallest absolute Gasteiger partial charge is 0.390 e. The number of nitrogens with two attached hydrogens (primary N) is 1. The number of benzene rings is 1. The van der Waals surface area contributed by atoms with Gasteiger partial charge in [-0.25, -0.2) is 9.97 Å². The molecule has 0 saturated heterocycles. The van der Waals surface area contributed by atoms with E-state index in [1.807, 2.05) is 0 Å². The van der Waals surface area contributed by atoms with E-state index in [-0.39, 0.29) is 22.9 Å². The third kappa shape index (κ3) is 3.50. The Morgan fingerprint density at radius 1 is 1.27 bits per heavy atom. The molecule has 0 aliphatic rings. The fourth-order valence-electron chi connectivity index (χ4n) is 1.64. The van der Waals surface area contributed by atoms with E-state index in [0.29, 0.717) is 0 Å². The molecule has 2 rings (SSSR count). The van der Waals surface area contributed by atoms with Crippen LogP contribution in [0.1, 0.15) is 21.7 Å². The van der Waals surface area contributed by atoms with Gasteiger partial charge in [-0.05, 0) is 24.3 Å². The van der Waals surface area contributed by atoms with Crippen molar-refractivity contribution in [3.8, 4) is 0 Å². The lowest BCUT2D eigenvalue weighted by Gasteiger charge is -2.11. The van der Waals surface area contributed by atoms with E-state index in [4.69, 9.17) is 10.8 Å². The van der Waals surface area contributed by atoms with E-state index >= 15 is 0 Å². The van der Waals surface area contributed by atoms with E-state index in [1.54, 1.807) is 0 Å². The Morgan fingerprint density at radius 3 is 2.41 bits per heavy atom. The standard InChI is InChI=1S/C13H11F3N4O2/c14-13(15,16)7-1-3-8(4-2-7)20-12-10(11(17)22)19-9(6-21)5-18-12/h1-5,21H,6H2,(H2,17,22)(H,18,20). The highest BCUT2D eigenvalue weighted by Gasteiger charge is 2.30. The first-order valence-corrected chi connectivity index (χ1v) is 6.02. The summed E-state index contributed by atoms with van der Waals surface area (Å²) in [7, 11) is 0. The molecule has 1 amide bonds. The van der Waals surface area contributed by atoms with Crippen LogP contribution in [0.15, 0.2) is 30.5 Å². The second kappa shape index (κ2) is 5.98. The number of halogens is 3. The van der Waals surface area contributed by atoms with Crippen molar-refractivity contribution in [2.24, 2.45) is 5.73 Å². The van der Waals surface area contributed by atoms with Crippen molar-refractivity contribution in [1.82, 2.24) is 9.97 Å². The molecule has 6 nitrogen and oxygen atoms in total. The summed E-state index contributed by atoms with van der Waals surface area (Å²) in [5.41, 5.74) is 4.57. The van der Waals surface area contributed by atoms with Gasteiger partial charge in [0, 0.05) is 5.69 Å². The number of hydrogen-bond donors (Lipinski definition) is 3. The lowest BCUT2D eigenvalue weighted by molar-refractivity contribution is -0.137. The minimum atomic E-state index is -4.43. The van der Waals surface area contributed by atoms with E-state index in [2.05, 4.69) is 15.3 Å². The van der Waals surface area contributed by atoms with Crippen molar-refractivity contribution in [3.05, 3.63) is 47.4 Å². The van der Waals surface area contributed by atoms with Crippen LogP contribution >= 0.6 is 0 Å². The maximum Gasteiger partial charge on any atom is 0.416 e. The van der Waals surface area contributed by atoms with Crippen molar-refractivity contribution >= 4 is 17.4 Å². The minimum Gasteiger partial charge on any atom is -0.390 e. The van der Waals surface area contributed by atoms with Crippen LogP contribution in [-0.4, -0.2) is 21.0 Å². The van der Waals surface area contributed by atoms with Crippen LogP contribution in [0.5, 0.6) is 0 Å². The van der Waals surface area contributed by atoms with Crippen LogP contribution in [0.4, 0.5) is 24.7 Å². The Balaban J connectivity index is 2.29. The summed E-state index contributed by atoms with van der Waals surface area (Å²) < 4.78 is 37.4. The van der Waals surface area contributed by atoms with Gasteiger partial charge in [0.25, 0.3) is 5.91 Å². The van der Waals surface area contributed by atoms with Crippen LogP contribution in [0.25, 0.3) is 0 Å². The fraction of sp³-hybridized carbons (Fsp3) is 0.154. The molecular formula is C13H11F3N4O2. The lowest BCUT2D eigenvalue weighted by Crippen LogP contribution is -2.17. The van der Waals surface area contributed by atoms with Crippen molar-refractivity contribution in [3.63, 3.8) is 0 Å². The number of nitrogens with zero attached hydrogens (tertiary/aromatic N) is 2. The quantitative estimate of drug-likeness (QED) is 0.799. The molecule has 22 heavy (non-hydrogen) atoms. The maximum absolute atomic E-state index is 12.5. The number of hydrogen-bond acceptors (Lipinski definition) is 5. The van der Waals surface area contributed by atoms with Gasteiger partial charge in [-0.2, -0.15) is 13.2 Å². The summed E-state index contributed by atoms with van der Waals surface area (Å²) in [6.45, 7) is -0.423. The van der Waals surface area contributed by atoms with Crippen molar-refractivity contribution in [1.29, 1.82) is 0 Å². The molecule has 1 heterocycles. The summed E-state index contributed by atoms with van der Waals surface area (Å²) in [6, 6.07) is 4.16. The van der Waals surface area contributed by atoms with Crippen LogP contribution in [0, 0.1) is 0 Å². The summed E-state index contributed by atoms with van der Waals surface area (Å²) in [6.07, 6.45) is -3.21. The highest BCUT2D eigenvalue weighted by atomic mass is 19.4. The number of carbonyl (C=O) groups excluding carboxylic acids is 1.